The van der Waals surface area contributed by atoms with Crippen molar-refractivity contribution in [1.29, 1.82) is 0 Å². The third-order valence-corrected chi connectivity index (χ3v) is 5.86. The molecule has 2 unspecified atom stereocenters. The van der Waals surface area contributed by atoms with Crippen molar-refractivity contribution in [3.8, 4) is 0 Å². The van der Waals surface area contributed by atoms with Gasteiger partial charge in [0.2, 0.25) is 5.78 Å². The first kappa shape index (κ1) is 30.2. The van der Waals surface area contributed by atoms with Crippen molar-refractivity contribution < 1.29 is 23.1 Å². The molecule has 0 aliphatic heterocycles. The van der Waals surface area contributed by atoms with Gasteiger partial charge in [0.05, 0.1) is 12.1 Å². The van der Waals surface area contributed by atoms with Crippen LogP contribution in [-0.2, 0) is 12.7 Å². The van der Waals surface area contributed by atoms with E-state index in [4.69, 9.17) is 11.6 Å². The van der Waals surface area contributed by atoms with Crippen LogP contribution in [0.3, 0.4) is 0 Å². The van der Waals surface area contributed by atoms with E-state index in [9.17, 15) is 23.1 Å². The minimum Gasteiger partial charge on any atom is -0.396 e. The van der Waals surface area contributed by atoms with Gasteiger partial charge in [0.15, 0.2) is 0 Å². The molecular formula is C26H33ClF3N5O2. The molecule has 2 aromatic heterocycles. The molecule has 0 amide bonds. The van der Waals surface area contributed by atoms with Gasteiger partial charge >= 0.3 is 6.18 Å². The monoisotopic (exact) mass is 539 g/mol. The van der Waals surface area contributed by atoms with Crippen LogP contribution in [-0.4, -0.2) is 43.3 Å². The molecule has 0 saturated heterocycles. The van der Waals surface area contributed by atoms with E-state index in [-0.39, 0.29) is 42.2 Å². The maximum absolute atomic E-state index is 13.7. The van der Waals surface area contributed by atoms with Gasteiger partial charge in [-0.15, -0.1) is 0 Å². The molecule has 3 aromatic rings. The third-order valence-electron chi connectivity index (χ3n) is 5.62. The number of carbonyl (C=O) groups is 1. The third kappa shape index (κ3) is 8.00. The van der Waals surface area contributed by atoms with Crippen LogP contribution in [0.1, 0.15) is 74.3 Å². The number of aromatic nitrogens is 4. The maximum Gasteiger partial charge on any atom is 0.433 e. The second-order valence-corrected chi connectivity index (χ2v) is 8.45. The van der Waals surface area contributed by atoms with E-state index in [2.05, 4.69) is 20.4 Å². The highest BCUT2D eigenvalue weighted by atomic mass is 35.5. The Balaban J connectivity index is 0.00000115. The number of aliphatic hydroxyl groups is 1. The van der Waals surface area contributed by atoms with Crippen LogP contribution >= 0.6 is 11.6 Å². The fraction of sp³-hybridized carbons (Fsp3) is 0.462. The summed E-state index contributed by atoms with van der Waals surface area (Å²) in [6.45, 7) is 7.88. The van der Waals surface area contributed by atoms with E-state index >= 15 is 0 Å². The number of nitrogens with zero attached hydrogens (tertiary/aromatic N) is 4. The Hall–Kier alpha value is -2.98. The summed E-state index contributed by atoms with van der Waals surface area (Å²) in [4.78, 5) is 21.1. The van der Waals surface area contributed by atoms with Gasteiger partial charge in [0.25, 0.3) is 0 Å². The average Bonchev–Trinajstić information content (AvgIpc) is 3.53. The van der Waals surface area contributed by atoms with Crippen molar-refractivity contribution >= 4 is 23.2 Å². The molecule has 1 aliphatic carbocycles. The summed E-state index contributed by atoms with van der Waals surface area (Å²) in [6, 6.07) is 7.15. The number of carbonyl (C=O) groups excluding carboxylic acids is 1. The van der Waals surface area contributed by atoms with Crippen LogP contribution in [0.15, 0.2) is 42.9 Å². The largest absolute Gasteiger partial charge is 0.433 e. The summed E-state index contributed by atoms with van der Waals surface area (Å²) < 4.78 is 41.8. The number of halogens is 4. The Labute approximate surface area is 220 Å². The summed E-state index contributed by atoms with van der Waals surface area (Å²) in [5, 5.41) is 16.9. The van der Waals surface area contributed by atoms with Gasteiger partial charge in [-0.2, -0.15) is 18.3 Å². The minimum atomic E-state index is -4.71. The number of benzene rings is 1. The molecule has 2 heterocycles. The lowest BCUT2D eigenvalue weighted by Gasteiger charge is -2.15. The van der Waals surface area contributed by atoms with Crippen molar-refractivity contribution in [3.05, 3.63) is 70.4 Å². The molecule has 0 spiro atoms. The molecule has 1 saturated carbocycles. The van der Waals surface area contributed by atoms with Crippen LogP contribution in [0.25, 0.3) is 0 Å². The highest BCUT2D eigenvalue weighted by Gasteiger charge is 2.37. The fourth-order valence-corrected chi connectivity index (χ4v) is 4.21. The molecule has 2 atom stereocenters. The molecule has 202 valence electrons. The van der Waals surface area contributed by atoms with Gasteiger partial charge in [-0.25, -0.2) is 9.97 Å². The predicted octanol–water partition coefficient (Wildman–Crippen LogP) is 6.25. The number of rotatable bonds is 7. The SMILES string of the molecule is CC.CC.O=C(c1cc(C(F)(F)F)n(Cc2cccc(Cl)c2)n1)c1cncnc1NC1CCC(CO)C1. The number of hydrogen-bond donors (Lipinski definition) is 2. The second-order valence-electron chi connectivity index (χ2n) is 8.02. The summed E-state index contributed by atoms with van der Waals surface area (Å²) in [5.41, 5.74) is -0.855. The van der Waals surface area contributed by atoms with Crippen molar-refractivity contribution in [3.63, 3.8) is 0 Å². The quantitative estimate of drug-likeness (QED) is 0.345. The Morgan fingerprint density at radius 3 is 2.54 bits per heavy atom. The standard InChI is InChI=1S/C22H21ClF3N5O2.2C2H6/c23-15-3-1-2-13(6-15)10-31-19(22(24,25)26)8-18(30-31)20(33)17-9-27-12-28-21(17)29-16-5-4-14(7-16)11-32;2*1-2/h1-3,6,8-9,12,14,16,32H,4-5,7,10-11H2,(H,27,28,29);2*1-2H3. The van der Waals surface area contributed by atoms with E-state index < -0.39 is 17.7 Å². The molecule has 1 aromatic carbocycles. The van der Waals surface area contributed by atoms with E-state index in [1.807, 2.05) is 27.7 Å². The van der Waals surface area contributed by atoms with Crippen molar-refractivity contribution in [2.24, 2.45) is 5.92 Å². The fourth-order valence-electron chi connectivity index (χ4n) is 4.00. The van der Waals surface area contributed by atoms with E-state index in [1.54, 1.807) is 24.3 Å². The Morgan fingerprint density at radius 1 is 1.19 bits per heavy atom. The summed E-state index contributed by atoms with van der Waals surface area (Å²) in [6.07, 6.45) is 0.152. The number of ketones is 1. The molecule has 0 bridgehead atoms. The normalized spacial score (nSPS) is 16.8. The zero-order chi connectivity index (χ0) is 27.6. The smallest absolute Gasteiger partial charge is 0.396 e. The maximum atomic E-state index is 13.7. The first-order valence-corrected chi connectivity index (χ1v) is 12.7. The van der Waals surface area contributed by atoms with Gasteiger partial charge in [-0.1, -0.05) is 51.4 Å². The zero-order valence-corrected chi connectivity index (χ0v) is 22.1. The molecule has 0 radical (unpaired) electrons. The first-order chi connectivity index (χ1) is 17.7. The van der Waals surface area contributed by atoms with E-state index in [0.717, 1.165) is 23.6 Å². The van der Waals surface area contributed by atoms with Gasteiger partial charge < -0.3 is 10.4 Å². The molecule has 4 rings (SSSR count). The Morgan fingerprint density at radius 2 is 1.92 bits per heavy atom. The number of hydrogen-bond acceptors (Lipinski definition) is 6. The minimum absolute atomic E-state index is 0.00489. The number of nitrogens with one attached hydrogen (secondary N) is 1. The second kappa shape index (κ2) is 14.1. The first-order valence-electron chi connectivity index (χ1n) is 12.4. The summed E-state index contributed by atoms with van der Waals surface area (Å²) >= 11 is 5.94. The van der Waals surface area contributed by atoms with Gasteiger partial charge in [-0.3, -0.25) is 9.48 Å². The van der Waals surface area contributed by atoms with Gasteiger partial charge in [0, 0.05) is 29.9 Å². The molecule has 11 heteroatoms. The van der Waals surface area contributed by atoms with Gasteiger partial charge in [0.1, 0.15) is 23.5 Å². The lowest BCUT2D eigenvalue weighted by Crippen LogP contribution is -2.20. The van der Waals surface area contributed by atoms with Crippen molar-refractivity contribution in [2.45, 2.75) is 65.7 Å². The van der Waals surface area contributed by atoms with Crippen LogP contribution in [0.5, 0.6) is 0 Å². The highest BCUT2D eigenvalue weighted by Crippen LogP contribution is 2.32. The average molecular weight is 540 g/mol. The summed E-state index contributed by atoms with van der Waals surface area (Å²) in [5.74, 6) is -0.318. The molecular weight excluding hydrogens is 507 g/mol. The predicted molar refractivity (Wildman–Crippen MR) is 138 cm³/mol. The van der Waals surface area contributed by atoms with Crippen LogP contribution in [0.2, 0.25) is 5.02 Å². The Bertz CT molecular complexity index is 1150. The van der Waals surface area contributed by atoms with Crippen molar-refractivity contribution in [1.82, 2.24) is 19.7 Å². The number of aliphatic hydroxyl groups excluding tert-OH is 1. The van der Waals surface area contributed by atoms with Crippen LogP contribution in [0.4, 0.5) is 19.0 Å². The zero-order valence-electron chi connectivity index (χ0n) is 21.4. The molecule has 2 N–H and O–H groups in total. The number of anilines is 1. The molecule has 1 aliphatic rings. The van der Waals surface area contributed by atoms with Crippen LogP contribution < -0.4 is 5.32 Å². The Kier molecular flexibility index (Phi) is 11.5. The topological polar surface area (TPSA) is 92.9 Å². The lowest BCUT2D eigenvalue weighted by molar-refractivity contribution is -0.144. The molecule has 7 nitrogen and oxygen atoms in total. The lowest BCUT2D eigenvalue weighted by atomic mass is 10.1. The van der Waals surface area contributed by atoms with Crippen molar-refractivity contribution in [2.75, 3.05) is 11.9 Å². The highest BCUT2D eigenvalue weighted by molar-refractivity contribution is 6.30. The molecule has 37 heavy (non-hydrogen) atoms. The summed E-state index contributed by atoms with van der Waals surface area (Å²) in [7, 11) is 0. The molecule has 1 fully saturated rings. The van der Waals surface area contributed by atoms with Gasteiger partial charge in [-0.05, 0) is 42.9 Å². The van der Waals surface area contributed by atoms with E-state index in [1.165, 1.54) is 12.5 Å². The number of alkyl halides is 3. The van der Waals surface area contributed by atoms with Crippen LogP contribution in [0, 0.1) is 5.92 Å². The van der Waals surface area contributed by atoms with E-state index in [0.29, 0.717) is 17.0 Å².